The van der Waals surface area contributed by atoms with E-state index in [9.17, 15) is 10.2 Å². The van der Waals surface area contributed by atoms with Gasteiger partial charge < -0.3 is 25.8 Å². The Morgan fingerprint density at radius 1 is 1.30 bits per heavy atom. The van der Waals surface area contributed by atoms with Crippen LogP contribution in [0.15, 0.2) is 0 Å². The van der Waals surface area contributed by atoms with Crippen molar-refractivity contribution < 1.29 is 20.1 Å². The minimum Gasteiger partial charge on any atom is -0.394 e. The lowest BCUT2D eigenvalue weighted by atomic mass is 10.1. The summed E-state index contributed by atoms with van der Waals surface area (Å²) in [6.07, 6.45) is -4.27. The second-order valence-corrected chi connectivity index (χ2v) is 5.54. The third-order valence-electron chi connectivity index (χ3n) is 3.21. The number of nitrogen functional groups attached to an aromatic ring is 1. The quantitative estimate of drug-likeness (QED) is 0.395. The molecule has 3 rings (SSSR count). The lowest BCUT2D eigenvalue weighted by molar-refractivity contribution is -0.0251. The van der Waals surface area contributed by atoms with Crippen LogP contribution in [0.1, 0.15) is 11.9 Å². The Hall–Kier alpha value is -1.08. The molecule has 20 heavy (non-hydrogen) atoms. The fourth-order valence-corrected chi connectivity index (χ4v) is 2.81. The molecular weight excluding hydrogens is 381 g/mol. The molecule has 10 heteroatoms. The first-order valence-electron chi connectivity index (χ1n) is 5.82. The van der Waals surface area contributed by atoms with Gasteiger partial charge in [0.1, 0.15) is 33.9 Å². The minimum atomic E-state index is -1.23. The summed E-state index contributed by atoms with van der Waals surface area (Å²) in [7, 11) is 0. The summed E-state index contributed by atoms with van der Waals surface area (Å²) in [4.78, 5) is 8.27. The molecular formula is C10H12IN5O4. The molecule has 6 N–H and O–H groups in total. The predicted molar refractivity (Wildman–Crippen MR) is 75.5 cm³/mol. The molecule has 0 bridgehead atoms. The van der Waals surface area contributed by atoms with E-state index in [1.54, 1.807) is 0 Å². The monoisotopic (exact) mass is 393 g/mol. The molecule has 0 amide bonds. The van der Waals surface area contributed by atoms with Crippen molar-refractivity contribution in [2.45, 2.75) is 24.4 Å². The number of fused-ring (bicyclic) bond motifs is 1. The zero-order chi connectivity index (χ0) is 14.4. The van der Waals surface area contributed by atoms with E-state index in [2.05, 4.69) is 20.2 Å². The number of aliphatic hydroxyl groups excluding tert-OH is 3. The van der Waals surface area contributed by atoms with Gasteiger partial charge in [-0.2, -0.15) is 5.10 Å². The molecule has 0 aliphatic carbocycles. The number of halogens is 1. The van der Waals surface area contributed by atoms with E-state index in [0.717, 1.165) is 0 Å². The number of aromatic amines is 1. The summed E-state index contributed by atoms with van der Waals surface area (Å²) in [5.74, 6) is 0.335. The lowest BCUT2D eigenvalue weighted by Gasteiger charge is -2.13. The highest BCUT2D eigenvalue weighted by atomic mass is 127. The van der Waals surface area contributed by atoms with Crippen molar-refractivity contribution in [3.8, 4) is 0 Å². The zero-order valence-electron chi connectivity index (χ0n) is 10.1. The maximum atomic E-state index is 9.94. The number of hydrogen-bond donors (Lipinski definition) is 5. The molecule has 0 unspecified atom stereocenters. The molecule has 108 valence electrons. The van der Waals surface area contributed by atoms with Gasteiger partial charge in [-0.15, -0.1) is 0 Å². The summed E-state index contributed by atoms with van der Waals surface area (Å²) in [6, 6.07) is 0. The number of H-pyrrole nitrogens is 1. The highest BCUT2D eigenvalue weighted by Crippen LogP contribution is 2.33. The van der Waals surface area contributed by atoms with Crippen molar-refractivity contribution in [1.82, 2.24) is 20.2 Å². The Kier molecular flexibility index (Phi) is 3.50. The number of hydrogen-bond acceptors (Lipinski definition) is 8. The van der Waals surface area contributed by atoms with Crippen LogP contribution in [-0.2, 0) is 4.74 Å². The van der Waals surface area contributed by atoms with E-state index >= 15 is 0 Å². The van der Waals surface area contributed by atoms with Crippen LogP contribution in [0.3, 0.4) is 0 Å². The van der Waals surface area contributed by atoms with E-state index in [1.165, 1.54) is 0 Å². The number of nitrogens with two attached hydrogens (primary N) is 1. The first kappa shape index (κ1) is 13.9. The van der Waals surface area contributed by atoms with E-state index in [4.69, 9.17) is 15.6 Å². The molecule has 3 heterocycles. The normalized spacial score (nSPS) is 30.2. The SMILES string of the molecule is Nc1nc([C@@H]2O[C@H](CO)[C@@H](O)[C@H]2O)nc2n[nH]c(I)c12. The van der Waals surface area contributed by atoms with Gasteiger partial charge in [0.15, 0.2) is 11.5 Å². The highest BCUT2D eigenvalue weighted by molar-refractivity contribution is 14.1. The van der Waals surface area contributed by atoms with Gasteiger partial charge in [-0.1, -0.05) is 0 Å². The van der Waals surface area contributed by atoms with Gasteiger partial charge in [0.05, 0.1) is 12.0 Å². The Balaban J connectivity index is 2.03. The van der Waals surface area contributed by atoms with Gasteiger partial charge in [0, 0.05) is 0 Å². The number of nitrogens with one attached hydrogen (secondary N) is 1. The lowest BCUT2D eigenvalue weighted by Crippen LogP contribution is -2.32. The van der Waals surface area contributed by atoms with Crippen molar-refractivity contribution >= 4 is 39.4 Å². The van der Waals surface area contributed by atoms with E-state index in [0.29, 0.717) is 14.7 Å². The van der Waals surface area contributed by atoms with Crippen LogP contribution in [0.2, 0.25) is 0 Å². The Labute approximate surface area is 126 Å². The maximum absolute atomic E-state index is 9.94. The first-order valence-corrected chi connectivity index (χ1v) is 6.90. The molecule has 4 atom stereocenters. The van der Waals surface area contributed by atoms with Crippen LogP contribution in [0.25, 0.3) is 11.0 Å². The molecule has 1 fully saturated rings. The van der Waals surface area contributed by atoms with E-state index in [1.807, 2.05) is 22.6 Å². The van der Waals surface area contributed by atoms with Gasteiger partial charge in [-0.25, -0.2) is 9.97 Å². The van der Waals surface area contributed by atoms with E-state index < -0.39 is 31.0 Å². The van der Waals surface area contributed by atoms with Crippen molar-refractivity contribution in [1.29, 1.82) is 0 Å². The van der Waals surface area contributed by atoms with Crippen LogP contribution < -0.4 is 5.73 Å². The van der Waals surface area contributed by atoms with Gasteiger partial charge in [-0.3, -0.25) is 5.10 Å². The first-order chi connectivity index (χ1) is 9.52. The average Bonchev–Trinajstić information content (AvgIpc) is 2.93. The third-order valence-corrected chi connectivity index (χ3v) is 3.99. The average molecular weight is 393 g/mol. The number of aliphatic hydroxyl groups is 3. The van der Waals surface area contributed by atoms with Crippen LogP contribution in [0, 0.1) is 3.70 Å². The number of anilines is 1. The molecule has 0 radical (unpaired) electrons. The summed E-state index contributed by atoms with van der Waals surface area (Å²) >= 11 is 2.02. The molecule has 0 saturated carbocycles. The number of rotatable bonds is 2. The highest BCUT2D eigenvalue weighted by Gasteiger charge is 2.44. The Morgan fingerprint density at radius 2 is 2.05 bits per heavy atom. The molecule has 1 aliphatic rings. The number of aromatic nitrogens is 4. The summed E-state index contributed by atoms with van der Waals surface area (Å²) < 4.78 is 6.07. The fourth-order valence-electron chi connectivity index (χ4n) is 2.17. The largest absolute Gasteiger partial charge is 0.394 e. The van der Waals surface area contributed by atoms with Crippen LogP contribution in [0.5, 0.6) is 0 Å². The molecule has 0 aromatic carbocycles. The second kappa shape index (κ2) is 5.04. The van der Waals surface area contributed by atoms with Crippen molar-refractivity contribution in [2.24, 2.45) is 0 Å². The molecule has 2 aromatic heterocycles. The Morgan fingerprint density at radius 3 is 2.70 bits per heavy atom. The topological polar surface area (TPSA) is 150 Å². The number of ether oxygens (including phenoxy) is 1. The summed E-state index contributed by atoms with van der Waals surface area (Å²) in [6.45, 7) is -0.410. The third kappa shape index (κ3) is 2.03. The van der Waals surface area contributed by atoms with Crippen LogP contribution in [0.4, 0.5) is 5.82 Å². The molecule has 9 nitrogen and oxygen atoms in total. The number of nitrogens with zero attached hydrogens (tertiary/aromatic N) is 3. The predicted octanol–water partition coefficient (Wildman–Crippen LogP) is -1.31. The van der Waals surface area contributed by atoms with Crippen molar-refractivity contribution in [3.63, 3.8) is 0 Å². The summed E-state index contributed by atoms with van der Waals surface area (Å²) in [5.41, 5.74) is 6.21. The maximum Gasteiger partial charge on any atom is 0.187 e. The molecule has 2 aromatic rings. The second-order valence-electron chi connectivity index (χ2n) is 4.46. The van der Waals surface area contributed by atoms with Gasteiger partial charge in [0.25, 0.3) is 0 Å². The van der Waals surface area contributed by atoms with Crippen molar-refractivity contribution in [2.75, 3.05) is 12.3 Å². The van der Waals surface area contributed by atoms with Crippen molar-refractivity contribution in [3.05, 3.63) is 9.53 Å². The van der Waals surface area contributed by atoms with Gasteiger partial charge in [0.2, 0.25) is 0 Å². The summed E-state index contributed by atoms with van der Waals surface area (Å²) in [5, 5.41) is 36.1. The molecule has 1 aliphatic heterocycles. The smallest absolute Gasteiger partial charge is 0.187 e. The minimum absolute atomic E-state index is 0.125. The van der Waals surface area contributed by atoms with Crippen LogP contribution in [-0.4, -0.2) is 60.4 Å². The molecule has 1 saturated heterocycles. The van der Waals surface area contributed by atoms with Gasteiger partial charge in [-0.05, 0) is 22.6 Å². The zero-order valence-corrected chi connectivity index (χ0v) is 12.2. The van der Waals surface area contributed by atoms with E-state index in [-0.39, 0.29) is 11.6 Å². The molecule has 0 spiro atoms. The van der Waals surface area contributed by atoms with Gasteiger partial charge >= 0.3 is 0 Å². The van der Waals surface area contributed by atoms with Crippen LogP contribution >= 0.6 is 22.6 Å². The Bertz CT molecular complexity index is 650. The standard InChI is InChI=1S/C10H12IN5O4/c11-7-3-8(12)13-10(14-9(3)16-15-7)6-5(19)4(18)2(1-17)20-6/h2,4-6,17-19H,1H2,(H3,12,13,14,15,16)/t2-,4-,5-,6-/m1/s1. The fraction of sp³-hybridized carbons (Fsp3) is 0.500.